The van der Waals surface area contributed by atoms with E-state index in [1.54, 1.807) is 0 Å². The predicted octanol–water partition coefficient (Wildman–Crippen LogP) is 4.85. The Morgan fingerprint density at radius 3 is 2.66 bits per heavy atom. The molecule has 1 aliphatic carbocycles. The fraction of sp³-hybridized carbons (Fsp3) is 0.560. The Balaban J connectivity index is 2.31. The van der Waals surface area contributed by atoms with Crippen LogP contribution < -0.4 is 16.0 Å². The van der Waals surface area contributed by atoms with Gasteiger partial charge in [-0.1, -0.05) is 57.5 Å². The maximum Gasteiger partial charge on any atom is 0.0311 e. The van der Waals surface area contributed by atoms with Crippen LogP contribution in [0.15, 0.2) is 42.1 Å². The minimum atomic E-state index is 0.0895. The average molecular weight is 397 g/mol. The molecule has 1 atom stereocenters. The smallest absolute Gasteiger partial charge is 0.0311 e. The minimum Gasteiger partial charge on any atom is -0.385 e. The standard InChI is InChI=1S/C25H40N4/c1-5-24(25(14-15-28-6-2)29-23-12-7-8-13-23)19(3)20-10-9-11-21(16-20)22(17-26)18-27-4/h9-11,16-17,22-23,26-29H,3,5-8,12-15,18H2,1-2,4H3/b25-24-,26-17?. The zero-order chi connectivity index (χ0) is 21.1. The van der Waals surface area contributed by atoms with Gasteiger partial charge in [0.1, 0.15) is 0 Å². The number of allylic oxidation sites excluding steroid dienone is 2. The molecule has 160 valence electrons. The maximum atomic E-state index is 7.77. The van der Waals surface area contributed by atoms with Crippen LogP contribution in [-0.2, 0) is 0 Å². The second kappa shape index (κ2) is 12.6. The highest BCUT2D eigenvalue weighted by Gasteiger charge is 2.19. The van der Waals surface area contributed by atoms with Crippen molar-refractivity contribution in [1.29, 1.82) is 5.41 Å². The Bertz CT molecular complexity index is 686. The first kappa shape index (κ1) is 23.4. The topological polar surface area (TPSA) is 59.9 Å². The number of likely N-dealkylation sites (N-methyl/N-ethyl adjacent to an activating group) is 1. The van der Waals surface area contributed by atoms with Crippen LogP contribution in [0.1, 0.15) is 69.4 Å². The highest BCUT2D eigenvalue weighted by atomic mass is 14.9. The van der Waals surface area contributed by atoms with Crippen molar-refractivity contribution in [3.05, 3.63) is 53.2 Å². The summed E-state index contributed by atoms with van der Waals surface area (Å²) >= 11 is 0. The first-order chi connectivity index (χ1) is 14.1. The lowest BCUT2D eigenvalue weighted by atomic mass is 9.91. The van der Waals surface area contributed by atoms with E-state index in [-0.39, 0.29) is 5.92 Å². The molecule has 0 spiro atoms. The van der Waals surface area contributed by atoms with Crippen LogP contribution in [0.4, 0.5) is 0 Å². The average Bonchev–Trinajstić information content (AvgIpc) is 3.25. The second-order valence-electron chi connectivity index (χ2n) is 7.97. The van der Waals surface area contributed by atoms with E-state index in [1.807, 2.05) is 7.05 Å². The second-order valence-corrected chi connectivity index (χ2v) is 7.97. The molecule has 29 heavy (non-hydrogen) atoms. The third-order valence-corrected chi connectivity index (χ3v) is 5.91. The van der Waals surface area contributed by atoms with E-state index in [0.717, 1.165) is 43.6 Å². The maximum absolute atomic E-state index is 7.77. The van der Waals surface area contributed by atoms with Gasteiger partial charge in [-0.25, -0.2) is 0 Å². The SMILES string of the molecule is C=C(/C(CC)=C(/CCNCC)NC1CCCC1)c1cccc(C(C=N)CNC)c1. The third kappa shape index (κ3) is 6.83. The van der Waals surface area contributed by atoms with Crippen LogP contribution in [0.25, 0.3) is 5.57 Å². The number of hydrogen-bond acceptors (Lipinski definition) is 4. The van der Waals surface area contributed by atoms with Crippen LogP contribution >= 0.6 is 0 Å². The van der Waals surface area contributed by atoms with Gasteiger partial charge in [-0.15, -0.1) is 0 Å². The van der Waals surface area contributed by atoms with Gasteiger partial charge in [-0.2, -0.15) is 0 Å². The summed E-state index contributed by atoms with van der Waals surface area (Å²) in [5, 5.41) is 18.3. The molecule has 2 rings (SSSR count). The molecular formula is C25H40N4. The monoisotopic (exact) mass is 396 g/mol. The summed E-state index contributed by atoms with van der Waals surface area (Å²) in [6, 6.07) is 9.17. The molecule has 1 aromatic rings. The molecule has 1 fully saturated rings. The van der Waals surface area contributed by atoms with Crippen molar-refractivity contribution in [3.63, 3.8) is 0 Å². The van der Waals surface area contributed by atoms with Crippen molar-refractivity contribution >= 4 is 11.8 Å². The van der Waals surface area contributed by atoms with Crippen molar-refractivity contribution in [2.24, 2.45) is 0 Å². The third-order valence-electron chi connectivity index (χ3n) is 5.91. The normalized spacial score (nSPS) is 16.4. The molecule has 0 aliphatic heterocycles. The van der Waals surface area contributed by atoms with Crippen LogP contribution in [-0.4, -0.2) is 38.9 Å². The number of rotatable bonds is 13. The Morgan fingerprint density at radius 1 is 1.28 bits per heavy atom. The fourth-order valence-corrected chi connectivity index (χ4v) is 4.25. The quantitative estimate of drug-likeness (QED) is 0.219. The van der Waals surface area contributed by atoms with Gasteiger partial charge in [0.25, 0.3) is 0 Å². The van der Waals surface area contributed by atoms with Gasteiger partial charge < -0.3 is 21.4 Å². The molecule has 1 saturated carbocycles. The molecule has 1 aliphatic rings. The summed E-state index contributed by atoms with van der Waals surface area (Å²) in [7, 11) is 1.93. The number of hydrogen-bond donors (Lipinski definition) is 4. The van der Waals surface area contributed by atoms with E-state index in [2.05, 4.69) is 60.6 Å². The Labute approximate surface area is 177 Å². The molecule has 4 N–H and O–H groups in total. The molecule has 0 radical (unpaired) electrons. The molecule has 4 heteroatoms. The summed E-state index contributed by atoms with van der Waals surface area (Å²) in [5.41, 5.74) is 6.14. The van der Waals surface area contributed by atoms with Gasteiger partial charge in [-0.3, -0.25) is 0 Å². The van der Waals surface area contributed by atoms with Gasteiger partial charge in [0.05, 0.1) is 0 Å². The van der Waals surface area contributed by atoms with Crippen LogP contribution in [0.2, 0.25) is 0 Å². The highest BCUT2D eigenvalue weighted by molar-refractivity contribution is 5.79. The van der Waals surface area contributed by atoms with Gasteiger partial charge in [0.2, 0.25) is 0 Å². The van der Waals surface area contributed by atoms with Crippen molar-refractivity contribution in [2.75, 3.05) is 26.7 Å². The Hall–Kier alpha value is -1.91. The van der Waals surface area contributed by atoms with Crippen molar-refractivity contribution < 1.29 is 0 Å². The molecule has 0 bridgehead atoms. The van der Waals surface area contributed by atoms with E-state index in [0.29, 0.717) is 6.04 Å². The van der Waals surface area contributed by atoms with E-state index < -0.39 is 0 Å². The fourth-order valence-electron chi connectivity index (χ4n) is 4.25. The number of nitrogens with one attached hydrogen (secondary N) is 4. The van der Waals surface area contributed by atoms with Gasteiger partial charge >= 0.3 is 0 Å². The van der Waals surface area contributed by atoms with Crippen LogP contribution in [0, 0.1) is 5.41 Å². The lowest BCUT2D eigenvalue weighted by molar-refractivity contribution is 0.555. The lowest BCUT2D eigenvalue weighted by Gasteiger charge is -2.23. The summed E-state index contributed by atoms with van der Waals surface area (Å²) in [6.45, 7) is 11.6. The first-order valence-electron chi connectivity index (χ1n) is 11.3. The molecule has 1 unspecified atom stereocenters. The zero-order valence-corrected chi connectivity index (χ0v) is 18.6. The van der Waals surface area contributed by atoms with E-state index in [4.69, 9.17) is 5.41 Å². The van der Waals surface area contributed by atoms with Gasteiger partial charge in [0.15, 0.2) is 0 Å². The summed E-state index contributed by atoms with van der Waals surface area (Å²) in [5.74, 6) is 0.0895. The molecule has 0 heterocycles. The predicted molar refractivity (Wildman–Crippen MR) is 127 cm³/mol. The summed E-state index contributed by atoms with van der Waals surface area (Å²) in [4.78, 5) is 0. The van der Waals surface area contributed by atoms with Crippen LogP contribution in [0.3, 0.4) is 0 Å². The summed E-state index contributed by atoms with van der Waals surface area (Å²) in [6.07, 6.45) is 8.71. The van der Waals surface area contributed by atoms with E-state index in [1.165, 1.54) is 48.7 Å². The van der Waals surface area contributed by atoms with Gasteiger partial charge in [0, 0.05) is 37.0 Å². The molecule has 0 aromatic heterocycles. The number of benzene rings is 1. The van der Waals surface area contributed by atoms with Crippen molar-refractivity contribution in [2.45, 2.75) is 64.3 Å². The van der Waals surface area contributed by atoms with Crippen LogP contribution in [0.5, 0.6) is 0 Å². The van der Waals surface area contributed by atoms with Crippen molar-refractivity contribution in [3.8, 4) is 0 Å². The van der Waals surface area contributed by atoms with Crippen molar-refractivity contribution in [1.82, 2.24) is 16.0 Å². The Kier molecular flexibility index (Phi) is 10.2. The summed E-state index contributed by atoms with van der Waals surface area (Å²) < 4.78 is 0. The largest absolute Gasteiger partial charge is 0.385 e. The molecular weight excluding hydrogens is 356 g/mol. The lowest BCUT2D eigenvalue weighted by Crippen LogP contribution is -2.29. The highest BCUT2D eigenvalue weighted by Crippen LogP contribution is 2.30. The molecule has 1 aromatic carbocycles. The van der Waals surface area contributed by atoms with Gasteiger partial charge in [-0.05, 0) is 61.5 Å². The zero-order valence-electron chi connectivity index (χ0n) is 18.6. The first-order valence-corrected chi connectivity index (χ1v) is 11.3. The molecule has 0 amide bonds. The molecule has 4 nitrogen and oxygen atoms in total. The molecule has 0 saturated heterocycles. The minimum absolute atomic E-state index is 0.0895. The Morgan fingerprint density at radius 2 is 2.03 bits per heavy atom. The van der Waals surface area contributed by atoms with E-state index in [9.17, 15) is 0 Å². The van der Waals surface area contributed by atoms with E-state index >= 15 is 0 Å².